The number of rotatable bonds is 6. The van der Waals surface area contributed by atoms with Crippen molar-refractivity contribution in [1.29, 1.82) is 0 Å². The van der Waals surface area contributed by atoms with E-state index in [4.69, 9.17) is 0 Å². The summed E-state index contributed by atoms with van der Waals surface area (Å²) in [7, 11) is 0. The predicted octanol–water partition coefficient (Wildman–Crippen LogP) is 3.44. The molecule has 0 bridgehead atoms. The van der Waals surface area contributed by atoms with Crippen molar-refractivity contribution >= 4 is 0 Å². The van der Waals surface area contributed by atoms with Gasteiger partial charge in [0.15, 0.2) is 5.82 Å². The number of hydrogen-bond donors (Lipinski definition) is 1. The van der Waals surface area contributed by atoms with Gasteiger partial charge in [0.1, 0.15) is 0 Å². The van der Waals surface area contributed by atoms with Gasteiger partial charge in [0.2, 0.25) is 0 Å². The largest absolute Gasteiger partial charge is 0.312 e. The molecule has 0 aliphatic carbocycles. The Balaban J connectivity index is 2.17. The molecule has 4 nitrogen and oxygen atoms in total. The molecule has 0 unspecified atom stereocenters. The third-order valence-corrected chi connectivity index (χ3v) is 3.32. The van der Waals surface area contributed by atoms with E-state index in [9.17, 15) is 0 Å². The molecular weight excluding hydrogens is 260 g/mol. The van der Waals surface area contributed by atoms with Crippen LogP contribution >= 0.6 is 0 Å². The second kappa shape index (κ2) is 6.85. The van der Waals surface area contributed by atoms with Gasteiger partial charge in [-0.15, -0.1) is 0 Å². The van der Waals surface area contributed by atoms with E-state index in [-0.39, 0.29) is 0 Å². The molecule has 2 rings (SSSR count). The van der Waals surface area contributed by atoms with Gasteiger partial charge in [0.25, 0.3) is 0 Å². The van der Waals surface area contributed by atoms with E-state index in [0.29, 0.717) is 11.8 Å². The highest BCUT2D eigenvalue weighted by molar-refractivity contribution is 5.30. The van der Waals surface area contributed by atoms with Crippen molar-refractivity contribution in [1.82, 2.24) is 20.1 Å². The maximum absolute atomic E-state index is 4.60. The zero-order valence-electron chi connectivity index (χ0n) is 13.7. The minimum absolute atomic E-state index is 0.434. The summed E-state index contributed by atoms with van der Waals surface area (Å²) in [6.07, 6.45) is 1.99. The van der Waals surface area contributed by atoms with Crippen LogP contribution in [0.15, 0.2) is 24.4 Å². The van der Waals surface area contributed by atoms with Crippen molar-refractivity contribution in [3.8, 4) is 5.82 Å². The third kappa shape index (κ3) is 4.39. The highest BCUT2D eigenvalue weighted by Crippen LogP contribution is 2.14. The van der Waals surface area contributed by atoms with Crippen molar-refractivity contribution < 1.29 is 0 Å². The molecule has 2 aromatic heterocycles. The first-order chi connectivity index (χ1) is 9.95. The molecule has 0 aliphatic heterocycles. The first kappa shape index (κ1) is 15.7. The molecule has 0 saturated heterocycles. The van der Waals surface area contributed by atoms with Crippen LogP contribution in [0.2, 0.25) is 0 Å². The Morgan fingerprint density at radius 2 is 1.95 bits per heavy atom. The third-order valence-electron chi connectivity index (χ3n) is 3.32. The van der Waals surface area contributed by atoms with E-state index >= 15 is 0 Å². The SMILES string of the molecule is Cc1cc(CNCC(C)C)cc(-n2ccc(C(C)C)n2)n1. The van der Waals surface area contributed by atoms with E-state index in [1.165, 1.54) is 5.56 Å². The van der Waals surface area contributed by atoms with Gasteiger partial charge in [-0.1, -0.05) is 27.7 Å². The Hall–Kier alpha value is -1.68. The van der Waals surface area contributed by atoms with Crippen LogP contribution in [-0.2, 0) is 6.54 Å². The molecular formula is C17H26N4. The first-order valence-corrected chi connectivity index (χ1v) is 7.70. The van der Waals surface area contributed by atoms with Gasteiger partial charge >= 0.3 is 0 Å². The Bertz CT molecular complexity index is 584. The van der Waals surface area contributed by atoms with Crippen LogP contribution in [0.4, 0.5) is 0 Å². The molecule has 1 N–H and O–H groups in total. The number of hydrogen-bond acceptors (Lipinski definition) is 3. The second-order valence-electron chi connectivity index (χ2n) is 6.34. The Kier molecular flexibility index (Phi) is 5.12. The maximum atomic E-state index is 4.60. The molecule has 2 aromatic rings. The fraction of sp³-hybridized carbons (Fsp3) is 0.529. The van der Waals surface area contributed by atoms with Crippen LogP contribution < -0.4 is 5.32 Å². The molecule has 0 amide bonds. The second-order valence-corrected chi connectivity index (χ2v) is 6.34. The molecule has 0 aliphatic rings. The van der Waals surface area contributed by atoms with Crippen molar-refractivity contribution in [2.45, 2.75) is 47.1 Å². The van der Waals surface area contributed by atoms with Gasteiger partial charge in [-0.25, -0.2) is 9.67 Å². The van der Waals surface area contributed by atoms with Crippen molar-refractivity contribution in [2.24, 2.45) is 5.92 Å². The van der Waals surface area contributed by atoms with Crippen molar-refractivity contribution in [3.05, 3.63) is 41.3 Å². The molecule has 0 saturated carbocycles. The molecule has 0 fully saturated rings. The Labute approximate surface area is 127 Å². The van der Waals surface area contributed by atoms with Crippen LogP contribution in [0.3, 0.4) is 0 Å². The summed E-state index contributed by atoms with van der Waals surface area (Å²) in [5.41, 5.74) is 3.37. The summed E-state index contributed by atoms with van der Waals surface area (Å²) in [6.45, 7) is 12.7. The van der Waals surface area contributed by atoms with Gasteiger partial charge in [-0.05, 0) is 49.1 Å². The van der Waals surface area contributed by atoms with Crippen LogP contribution in [0, 0.1) is 12.8 Å². The zero-order chi connectivity index (χ0) is 15.4. The number of pyridine rings is 1. The number of nitrogens with one attached hydrogen (secondary N) is 1. The smallest absolute Gasteiger partial charge is 0.153 e. The van der Waals surface area contributed by atoms with E-state index in [1.54, 1.807) is 0 Å². The number of aromatic nitrogens is 3. The van der Waals surface area contributed by atoms with Gasteiger partial charge in [0, 0.05) is 18.4 Å². The molecule has 2 heterocycles. The van der Waals surface area contributed by atoms with E-state index < -0.39 is 0 Å². The summed E-state index contributed by atoms with van der Waals surface area (Å²) in [5, 5.41) is 8.08. The molecule has 114 valence electrons. The lowest BCUT2D eigenvalue weighted by Crippen LogP contribution is -2.19. The lowest BCUT2D eigenvalue weighted by molar-refractivity contribution is 0.552. The minimum Gasteiger partial charge on any atom is -0.312 e. The molecule has 21 heavy (non-hydrogen) atoms. The van der Waals surface area contributed by atoms with Gasteiger partial charge in [-0.3, -0.25) is 0 Å². The van der Waals surface area contributed by atoms with Crippen molar-refractivity contribution in [3.63, 3.8) is 0 Å². The number of nitrogens with zero attached hydrogens (tertiary/aromatic N) is 3. The van der Waals surface area contributed by atoms with Crippen LogP contribution in [0.5, 0.6) is 0 Å². The van der Waals surface area contributed by atoms with E-state index in [2.05, 4.69) is 61.3 Å². The highest BCUT2D eigenvalue weighted by Gasteiger charge is 2.07. The fourth-order valence-corrected chi connectivity index (χ4v) is 2.22. The van der Waals surface area contributed by atoms with Gasteiger partial charge in [0.05, 0.1) is 5.69 Å². The minimum atomic E-state index is 0.434. The Morgan fingerprint density at radius 1 is 1.19 bits per heavy atom. The average Bonchev–Trinajstić information content (AvgIpc) is 2.87. The lowest BCUT2D eigenvalue weighted by atomic mass is 10.1. The number of aryl methyl sites for hydroxylation is 1. The summed E-state index contributed by atoms with van der Waals surface area (Å²) in [4.78, 5) is 4.59. The van der Waals surface area contributed by atoms with E-state index in [0.717, 1.165) is 30.3 Å². The highest BCUT2D eigenvalue weighted by atomic mass is 15.3. The quantitative estimate of drug-likeness (QED) is 0.884. The Morgan fingerprint density at radius 3 is 2.57 bits per heavy atom. The molecule has 0 spiro atoms. The molecule has 0 radical (unpaired) electrons. The molecule has 0 aromatic carbocycles. The summed E-state index contributed by atoms with van der Waals surface area (Å²) < 4.78 is 1.87. The monoisotopic (exact) mass is 286 g/mol. The van der Waals surface area contributed by atoms with E-state index in [1.807, 2.05) is 17.8 Å². The predicted molar refractivity (Wildman–Crippen MR) is 86.7 cm³/mol. The summed E-state index contributed by atoms with van der Waals surface area (Å²) >= 11 is 0. The topological polar surface area (TPSA) is 42.7 Å². The molecule has 0 atom stereocenters. The first-order valence-electron chi connectivity index (χ1n) is 7.70. The van der Waals surface area contributed by atoms with Crippen LogP contribution in [0.1, 0.15) is 50.6 Å². The summed E-state index contributed by atoms with van der Waals surface area (Å²) in [5.74, 6) is 1.98. The summed E-state index contributed by atoms with van der Waals surface area (Å²) in [6, 6.07) is 6.30. The lowest BCUT2D eigenvalue weighted by Gasteiger charge is -2.10. The normalized spacial score (nSPS) is 11.6. The standard InChI is InChI=1S/C17H26N4/c1-12(2)10-18-11-15-8-14(5)19-17(9-15)21-7-6-16(20-21)13(3)4/h6-9,12-13,18H,10-11H2,1-5H3. The van der Waals surface area contributed by atoms with Crippen LogP contribution in [-0.4, -0.2) is 21.3 Å². The van der Waals surface area contributed by atoms with Crippen LogP contribution in [0.25, 0.3) is 5.82 Å². The molecule has 4 heteroatoms. The fourth-order valence-electron chi connectivity index (χ4n) is 2.22. The van der Waals surface area contributed by atoms with Crippen molar-refractivity contribution in [2.75, 3.05) is 6.54 Å². The maximum Gasteiger partial charge on any atom is 0.153 e. The average molecular weight is 286 g/mol. The van der Waals surface area contributed by atoms with Gasteiger partial charge in [-0.2, -0.15) is 5.10 Å². The zero-order valence-corrected chi connectivity index (χ0v) is 13.7. The van der Waals surface area contributed by atoms with Gasteiger partial charge < -0.3 is 5.32 Å².